The molecule has 0 atom stereocenters. The van der Waals surface area contributed by atoms with E-state index in [0.717, 1.165) is 6.07 Å². The molecule has 3 aromatic heterocycles. The van der Waals surface area contributed by atoms with E-state index in [1.54, 1.807) is 29.0 Å². The Morgan fingerprint density at radius 3 is 2.44 bits per heavy atom. The van der Waals surface area contributed by atoms with Gasteiger partial charge in [0, 0.05) is 41.2 Å². The van der Waals surface area contributed by atoms with Crippen LogP contribution in [0.5, 0.6) is 0 Å². The van der Waals surface area contributed by atoms with E-state index < -0.39 is 55.2 Å². The average molecular weight is 608 g/mol. The number of hydrogen-bond acceptors (Lipinski definition) is 6. The zero-order valence-corrected chi connectivity index (χ0v) is 22.6. The summed E-state index contributed by atoms with van der Waals surface area (Å²) >= 11 is 0. The Kier molecular flexibility index (Phi) is 6.57. The highest BCUT2D eigenvalue weighted by molar-refractivity contribution is 7.92. The average Bonchev–Trinajstić information content (AvgIpc) is 3.59. The van der Waals surface area contributed by atoms with Gasteiger partial charge in [0.2, 0.25) is 11.7 Å². The molecule has 0 aliphatic rings. The summed E-state index contributed by atoms with van der Waals surface area (Å²) in [6.07, 6.45) is 4.25. The molecule has 6 rings (SSSR count). The number of rotatable bonds is 6. The fraction of sp³-hybridized carbons (Fsp3) is 0.0345. The lowest BCUT2D eigenvalue weighted by molar-refractivity contribution is 0.0926. The summed E-state index contributed by atoms with van der Waals surface area (Å²) in [5, 5.41) is 4.95. The molecule has 0 bridgehead atoms. The maximum Gasteiger partial charge on any atom is 0.265 e. The van der Waals surface area contributed by atoms with Crippen molar-refractivity contribution in [3.8, 4) is 11.1 Å². The van der Waals surface area contributed by atoms with E-state index in [1.807, 2.05) is 0 Å². The molecule has 0 fully saturated rings. The van der Waals surface area contributed by atoms with Crippen molar-refractivity contribution >= 4 is 49.3 Å². The molecule has 3 aromatic carbocycles. The van der Waals surface area contributed by atoms with Crippen LogP contribution in [0.4, 0.5) is 23.2 Å². The number of halogens is 4. The van der Waals surface area contributed by atoms with E-state index in [4.69, 9.17) is 0 Å². The zero-order chi connectivity index (χ0) is 30.6. The third kappa shape index (κ3) is 4.80. The van der Waals surface area contributed by atoms with Crippen molar-refractivity contribution in [2.45, 2.75) is 11.8 Å². The normalized spacial score (nSPS) is 11.7. The van der Waals surface area contributed by atoms with Gasteiger partial charge in [-0.1, -0.05) is 6.07 Å². The van der Waals surface area contributed by atoms with Gasteiger partial charge in [-0.25, -0.2) is 35.6 Å². The van der Waals surface area contributed by atoms with Crippen LogP contribution in [0.1, 0.15) is 27.6 Å². The molecule has 0 saturated carbocycles. The van der Waals surface area contributed by atoms with Crippen LogP contribution in [0.15, 0.2) is 78.1 Å². The van der Waals surface area contributed by atoms with Crippen molar-refractivity contribution in [1.29, 1.82) is 0 Å². The van der Waals surface area contributed by atoms with Crippen LogP contribution >= 0.6 is 0 Å². The van der Waals surface area contributed by atoms with Gasteiger partial charge in [0.1, 0.15) is 28.0 Å². The predicted octanol–water partition coefficient (Wildman–Crippen LogP) is 5.83. The summed E-state index contributed by atoms with van der Waals surface area (Å²) in [6.45, 7) is 1.38. The van der Waals surface area contributed by atoms with Gasteiger partial charge in [0.05, 0.1) is 23.0 Å². The number of hydrogen-bond donors (Lipinski definition) is 2. The lowest BCUT2D eigenvalue weighted by Gasteiger charge is -2.12. The molecule has 0 radical (unpaired) electrons. The second-order valence-corrected chi connectivity index (χ2v) is 11.1. The summed E-state index contributed by atoms with van der Waals surface area (Å²) < 4.78 is 86.5. The molecule has 0 spiro atoms. The maximum atomic E-state index is 15.5. The number of H-pyrrole nitrogens is 1. The minimum absolute atomic E-state index is 0.163. The summed E-state index contributed by atoms with van der Waals surface area (Å²) in [5.74, 6) is -6.60. The Morgan fingerprint density at radius 1 is 0.907 bits per heavy atom. The quantitative estimate of drug-likeness (QED) is 0.181. The van der Waals surface area contributed by atoms with Gasteiger partial charge in [-0.15, -0.1) is 0 Å². The fourth-order valence-electron chi connectivity index (χ4n) is 4.67. The Bertz CT molecular complexity index is 2250. The third-order valence-electron chi connectivity index (χ3n) is 6.72. The molecule has 0 aliphatic heterocycles. The standard InChI is InChI=1S/C29H17F4N5O4S/c1-14(39)38-24-7-2-15(8-17(24)12-36-38)16-9-19-20(13-35-29(19)34-11-16)28(40)26-22(32)5-6-23(27(26)33)37-43(41,42)25-10-18(30)3-4-21(25)31/h2-13,37H,1H3,(H,34,35). The Balaban J connectivity index is 1.38. The molecule has 216 valence electrons. The minimum atomic E-state index is -4.87. The summed E-state index contributed by atoms with van der Waals surface area (Å²) in [7, 11) is -4.87. The number of fused-ring (bicyclic) bond motifs is 2. The van der Waals surface area contributed by atoms with Gasteiger partial charge in [-0.05, 0) is 54.1 Å². The number of anilines is 1. The van der Waals surface area contributed by atoms with Crippen LogP contribution in [0, 0.1) is 23.3 Å². The van der Waals surface area contributed by atoms with Crippen LogP contribution in [0.3, 0.4) is 0 Å². The highest BCUT2D eigenvalue weighted by Crippen LogP contribution is 2.31. The van der Waals surface area contributed by atoms with Crippen LogP contribution < -0.4 is 4.72 Å². The van der Waals surface area contributed by atoms with E-state index in [2.05, 4.69) is 15.1 Å². The molecule has 0 saturated heterocycles. The summed E-state index contributed by atoms with van der Waals surface area (Å²) in [5.41, 5.74) is -0.0815. The molecule has 0 amide bonds. The van der Waals surface area contributed by atoms with Crippen molar-refractivity contribution in [2.24, 2.45) is 0 Å². The van der Waals surface area contributed by atoms with Gasteiger partial charge < -0.3 is 4.98 Å². The summed E-state index contributed by atoms with van der Waals surface area (Å²) in [6, 6.07) is 9.82. The van der Waals surface area contributed by atoms with E-state index in [1.165, 1.54) is 30.2 Å². The lowest BCUT2D eigenvalue weighted by atomic mass is 9.99. The smallest absolute Gasteiger partial charge is 0.265 e. The molecule has 3 heterocycles. The highest BCUT2D eigenvalue weighted by atomic mass is 32.2. The Labute approximate surface area is 239 Å². The predicted molar refractivity (Wildman–Crippen MR) is 148 cm³/mol. The molecule has 6 aromatic rings. The van der Waals surface area contributed by atoms with E-state index in [9.17, 15) is 31.2 Å². The molecular weight excluding hydrogens is 590 g/mol. The first kappa shape index (κ1) is 27.8. The Morgan fingerprint density at radius 2 is 1.67 bits per heavy atom. The first-order valence-corrected chi connectivity index (χ1v) is 13.9. The van der Waals surface area contributed by atoms with Gasteiger partial charge in [-0.2, -0.15) is 5.10 Å². The first-order valence-electron chi connectivity index (χ1n) is 12.4. The lowest BCUT2D eigenvalue weighted by Crippen LogP contribution is -2.17. The molecule has 0 aliphatic carbocycles. The van der Waals surface area contributed by atoms with Crippen LogP contribution in [-0.4, -0.2) is 39.9 Å². The SMILES string of the molecule is CC(=O)n1ncc2cc(-c3cnc4[nH]cc(C(=O)c5c(F)ccc(NS(=O)(=O)c6cc(F)ccc6F)c5F)c4c3)ccc21. The van der Waals surface area contributed by atoms with Gasteiger partial charge in [-0.3, -0.25) is 14.3 Å². The molecule has 43 heavy (non-hydrogen) atoms. The number of aromatic nitrogens is 4. The zero-order valence-electron chi connectivity index (χ0n) is 21.8. The third-order valence-corrected chi connectivity index (χ3v) is 8.10. The summed E-state index contributed by atoms with van der Waals surface area (Å²) in [4.78, 5) is 31.2. The van der Waals surface area contributed by atoms with Crippen LogP contribution in [0.25, 0.3) is 33.1 Å². The van der Waals surface area contributed by atoms with Gasteiger partial charge in [0.15, 0.2) is 5.82 Å². The first-order chi connectivity index (χ1) is 20.4. The number of nitrogens with one attached hydrogen (secondary N) is 2. The number of nitrogens with zero attached hydrogens (tertiary/aromatic N) is 3. The van der Waals surface area contributed by atoms with E-state index >= 15 is 4.39 Å². The maximum absolute atomic E-state index is 15.5. The number of pyridine rings is 1. The van der Waals surface area contributed by atoms with Crippen LogP contribution in [0.2, 0.25) is 0 Å². The van der Waals surface area contributed by atoms with Crippen molar-refractivity contribution in [1.82, 2.24) is 19.7 Å². The minimum Gasteiger partial charge on any atom is -0.345 e. The second-order valence-electron chi connectivity index (χ2n) is 9.46. The molecular formula is C29H17F4N5O4S. The molecule has 0 unspecified atom stereocenters. The number of aromatic amines is 1. The molecule has 2 N–H and O–H groups in total. The van der Waals surface area contributed by atoms with Gasteiger partial charge >= 0.3 is 0 Å². The van der Waals surface area contributed by atoms with Gasteiger partial charge in [0.25, 0.3) is 10.0 Å². The number of carbonyl (C=O) groups is 2. The number of carbonyl (C=O) groups excluding carboxylic acids is 2. The van der Waals surface area contributed by atoms with Crippen molar-refractivity contribution in [3.63, 3.8) is 0 Å². The number of benzene rings is 3. The van der Waals surface area contributed by atoms with Crippen LogP contribution in [-0.2, 0) is 10.0 Å². The largest absolute Gasteiger partial charge is 0.345 e. The number of ketones is 1. The molecule has 14 heteroatoms. The van der Waals surface area contributed by atoms with E-state index in [0.29, 0.717) is 46.3 Å². The molecule has 9 nitrogen and oxygen atoms in total. The fourth-order valence-corrected chi connectivity index (χ4v) is 5.82. The highest BCUT2D eigenvalue weighted by Gasteiger charge is 2.28. The second kappa shape index (κ2) is 10.2. The van der Waals surface area contributed by atoms with E-state index in [-0.39, 0.29) is 22.5 Å². The van der Waals surface area contributed by atoms with Crippen molar-refractivity contribution < 1.29 is 35.6 Å². The monoisotopic (exact) mass is 607 g/mol. The van der Waals surface area contributed by atoms with Crippen molar-refractivity contribution in [3.05, 3.63) is 108 Å². The van der Waals surface area contributed by atoms with Crippen molar-refractivity contribution in [2.75, 3.05) is 4.72 Å². The number of sulfonamides is 1. The topological polar surface area (TPSA) is 127 Å². The Hall–Kier alpha value is -5.37.